The molecule has 0 fully saturated rings. The van der Waals surface area contributed by atoms with Crippen LogP contribution >= 0.6 is 11.6 Å². The first kappa shape index (κ1) is 14.1. The molecular formula is C16H17ClN2O2. The van der Waals surface area contributed by atoms with E-state index in [0.29, 0.717) is 23.2 Å². The number of halogens is 1. The molecule has 0 aliphatic heterocycles. The maximum Gasteiger partial charge on any atom is 0.274 e. The van der Waals surface area contributed by atoms with Crippen molar-refractivity contribution in [2.24, 2.45) is 5.92 Å². The van der Waals surface area contributed by atoms with Crippen LogP contribution in [0, 0.1) is 5.92 Å². The third kappa shape index (κ3) is 2.95. The minimum atomic E-state index is -0.200. The fourth-order valence-corrected chi connectivity index (χ4v) is 2.86. The van der Waals surface area contributed by atoms with Gasteiger partial charge in [0, 0.05) is 23.6 Å². The molecule has 1 amide bonds. The number of amides is 1. The smallest absolute Gasteiger partial charge is 0.274 e. The molecule has 0 spiro atoms. The maximum absolute atomic E-state index is 12.3. The summed E-state index contributed by atoms with van der Waals surface area (Å²) in [4.78, 5) is 12.3. The SMILES string of the molecule is C[C@@H]1CCc2onc(C(=O)NCc3ccccc3Cl)c2C1. The standard InChI is InChI=1S/C16H17ClN2O2/c1-10-6-7-14-12(8-10)15(19-21-14)16(20)18-9-11-4-2-3-5-13(11)17/h2-5,10H,6-9H2,1H3,(H,18,20)/t10-/m1/s1. The van der Waals surface area contributed by atoms with E-state index in [1.807, 2.05) is 24.3 Å². The van der Waals surface area contributed by atoms with Crippen molar-refractivity contribution in [1.82, 2.24) is 10.5 Å². The Hall–Kier alpha value is -1.81. The number of hydrogen-bond donors (Lipinski definition) is 1. The average Bonchev–Trinajstić information content (AvgIpc) is 2.89. The Kier molecular flexibility index (Phi) is 3.97. The van der Waals surface area contributed by atoms with Crippen molar-refractivity contribution in [2.75, 3.05) is 0 Å². The number of hydrogen-bond acceptors (Lipinski definition) is 3. The fraction of sp³-hybridized carbons (Fsp3) is 0.375. The number of aromatic nitrogens is 1. The zero-order chi connectivity index (χ0) is 14.8. The van der Waals surface area contributed by atoms with Gasteiger partial charge in [0.05, 0.1) is 0 Å². The third-order valence-corrected chi connectivity index (χ3v) is 4.27. The average molecular weight is 305 g/mol. The minimum Gasteiger partial charge on any atom is -0.360 e. The molecule has 4 nitrogen and oxygen atoms in total. The van der Waals surface area contributed by atoms with Crippen molar-refractivity contribution in [3.05, 3.63) is 51.9 Å². The summed E-state index contributed by atoms with van der Waals surface area (Å²) in [5, 5.41) is 7.45. The number of nitrogens with zero attached hydrogens (tertiary/aromatic N) is 1. The molecule has 0 radical (unpaired) electrons. The largest absolute Gasteiger partial charge is 0.360 e. The molecule has 1 atom stereocenters. The lowest BCUT2D eigenvalue weighted by atomic mass is 9.88. The zero-order valence-corrected chi connectivity index (χ0v) is 12.6. The van der Waals surface area contributed by atoms with Crippen LogP contribution in [0.5, 0.6) is 0 Å². The highest BCUT2D eigenvalue weighted by Gasteiger charge is 2.26. The van der Waals surface area contributed by atoms with Crippen LogP contribution in [0.15, 0.2) is 28.8 Å². The third-order valence-electron chi connectivity index (χ3n) is 3.90. The number of benzene rings is 1. The summed E-state index contributed by atoms with van der Waals surface area (Å²) in [5.74, 6) is 1.22. The minimum absolute atomic E-state index is 0.200. The van der Waals surface area contributed by atoms with E-state index in [9.17, 15) is 4.79 Å². The summed E-state index contributed by atoms with van der Waals surface area (Å²) in [6, 6.07) is 7.46. The Morgan fingerprint density at radius 3 is 3.10 bits per heavy atom. The molecule has 1 heterocycles. The number of fused-ring (bicyclic) bond motifs is 1. The maximum atomic E-state index is 12.3. The van der Waals surface area contributed by atoms with Crippen LogP contribution < -0.4 is 5.32 Å². The molecule has 0 saturated carbocycles. The van der Waals surface area contributed by atoms with Gasteiger partial charge in [0.25, 0.3) is 5.91 Å². The van der Waals surface area contributed by atoms with Gasteiger partial charge < -0.3 is 9.84 Å². The lowest BCUT2D eigenvalue weighted by Gasteiger charge is -2.16. The number of rotatable bonds is 3. The Morgan fingerprint density at radius 1 is 1.48 bits per heavy atom. The molecule has 21 heavy (non-hydrogen) atoms. The van der Waals surface area contributed by atoms with Crippen molar-refractivity contribution in [2.45, 2.75) is 32.7 Å². The second-order valence-electron chi connectivity index (χ2n) is 5.55. The molecule has 5 heteroatoms. The Labute approximate surface area is 128 Å². The molecule has 0 bridgehead atoms. The van der Waals surface area contributed by atoms with Gasteiger partial charge in [-0.1, -0.05) is 41.9 Å². The van der Waals surface area contributed by atoms with E-state index < -0.39 is 0 Å². The van der Waals surface area contributed by atoms with E-state index in [0.717, 1.165) is 36.1 Å². The Bertz CT molecular complexity index is 666. The van der Waals surface area contributed by atoms with Gasteiger partial charge in [-0.15, -0.1) is 0 Å². The number of nitrogens with one attached hydrogen (secondary N) is 1. The molecule has 1 aliphatic carbocycles. The number of aryl methyl sites for hydroxylation is 1. The molecule has 1 aromatic heterocycles. The normalized spacial score (nSPS) is 17.3. The van der Waals surface area contributed by atoms with Gasteiger partial charge >= 0.3 is 0 Å². The van der Waals surface area contributed by atoms with Crippen molar-refractivity contribution in [1.29, 1.82) is 0 Å². The van der Waals surface area contributed by atoms with Gasteiger partial charge in [-0.2, -0.15) is 0 Å². The molecule has 1 aliphatic rings. The second-order valence-corrected chi connectivity index (χ2v) is 5.96. The van der Waals surface area contributed by atoms with Crippen LogP contribution in [0.25, 0.3) is 0 Å². The van der Waals surface area contributed by atoms with Crippen molar-refractivity contribution in [3.63, 3.8) is 0 Å². The summed E-state index contributed by atoms with van der Waals surface area (Å²) >= 11 is 6.08. The van der Waals surface area contributed by atoms with Gasteiger partial charge in [0.15, 0.2) is 5.69 Å². The summed E-state index contributed by atoms with van der Waals surface area (Å²) in [5.41, 5.74) is 2.27. The first-order chi connectivity index (χ1) is 10.1. The zero-order valence-electron chi connectivity index (χ0n) is 11.9. The lowest BCUT2D eigenvalue weighted by Crippen LogP contribution is -2.25. The van der Waals surface area contributed by atoms with Crippen LogP contribution in [-0.4, -0.2) is 11.1 Å². The summed E-state index contributed by atoms with van der Waals surface area (Å²) in [7, 11) is 0. The highest BCUT2D eigenvalue weighted by atomic mass is 35.5. The number of carbonyl (C=O) groups is 1. The molecule has 3 rings (SSSR count). The highest BCUT2D eigenvalue weighted by Crippen LogP contribution is 2.27. The first-order valence-electron chi connectivity index (χ1n) is 7.14. The monoisotopic (exact) mass is 304 g/mol. The quantitative estimate of drug-likeness (QED) is 0.945. The topological polar surface area (TPSA) is 55.1 Å². The Balaban J connectivity index is 1.72. The molecule has 1 aromatic carbocycles. The van der Waals surface area contributed by atoms with E-state index in [2.05, 4.69) is 17.4 Å². The molecule has 2 aromatic rings. The van der Waals surface area contributed by atoms with Gasteiger partial charge in [0.2, 0.25) is 0 Å². The van der Waals surface area contributed by atoms with Gasteiger partial charge in [-0.25, -0.2) is 0 Å². The van der Waals surface area contributed by atoms with Gasteiger partial charge in [0.1, 0.15) is 5.76 Å². The van der Waals surface area contributed by atoms with Crippen molar-refractivity contribution >= 4 is 17.5 Å². The van der Waals surface area contributed by atoms with Gasteiger partial charge in [-0.05, 0) is 30.4 Å². The first-order valence-corrected chi connectivity index (χ1v) is 7.52. The molecule has 0 unspecified atom stereocenters. The van der Waals surface area contributed by atoms with E-state index in [-0.39, 0.29) is 5.91 Å². The van der Waals surface area contributed by atoms with E-state index in [1.54, 1.807) is 0 Å². The lowest BCUT2D eigenvalue weighted by molar-refractivity contribution is 0.0941. The fourth-order valence-electron chi connectivity index (χ4n) is 2.66. The predicted molar refractivity (Wildman–Crippen MR) is 80.3 cm³/mol. The molecule has 0 saturated heterocycles. The van der Waals surface area contributed by atoms with Crippen molar-refractivity contribution < 1.29 is 9.32 Å². The van der Waals surface area contributed by atoms with E-state index >= 15 is 0 Å². The van der Waals surface area contributed by atoms with Gasteiger partial charge in [-0.3, -0.25) is 4.79 Å². The second kappa shape index (κ2) is 5.90. The summed E-state index contributed by atoms with van der Waals surface area (Å²) in [6.45, 7) is 2.57. The van der Waals surface area contributed by atoms with E-state index in [1.165, 1.54) is 0 Å². The van der Waals surface area contributed by atoms with Crippen molar-refractivity contribution in [3.8, 4) is 0 Å². The molecular weight excluding hydrogens is 288 g/mol. The predicted octanol–water partition coefficient (Wildman–Crippen LogP) is 3.38. The molecule has 1 N–H and O–H groups in total. The van der Waals surface area contributed by atoms with E-state index in [4.69, 9.17) is 16.1 Å². The number of carbonyl (C=O) groups excluding carboxylic acids is 1. The highest BCUT2D eigenvalue weighted by molar-refractivity contribution is 6.31. The van der Waals surface area contributed by atoms with Crippen LogP contribution in [0.4, 0.5) is 0 Å². The van der Waals surface area contributed by atoms with Crippen LogP contribution in [0.1, 0.15) is 40.7 Å². The summed E-state index contributed by atoms with van der Waals surface area (Å²) < 4.78 is 5.30. The summed E-state index contributed by atoms with van der Waals surface area (Å²) in [6.07, 6.45) is 2.80. The Morgan fingerprint density at radius 2 is 2.29 bits per heavy atom. The van der Waals surface area contributed by atoms with Crippen LogP contribution in [0.3, 0.4) is 0 Å². The van der Waals surface area contributed by atoms with Crippen LogP contribution in [0.2, 0.25) is 5.02 Å². The van der Waals surface area contributed by atoms with Crippen LogP contribution in [-0.2, 0) is 19.4 Å². The molecule has 110 valence electrons.